The number of esters is 2. The Labute approximate surface area is 274 Å². The van der Waals surface area contributed by atoms with E-state index in [4.69, 9.17) is 19.1 Å². The summed E-state index contributed by atoms with van der Waals surface area (Å²) in [6.07, 6.45) is 0.280. The number of ether oxygens (including phenoxy) is 2. The van der Waals surface area contributed by atoms with Crippen molar-refractivity contribution >= 4 is 30.0 Å². The molecule has 2 fully saturated rings. The van der Waals surface area contributed by atoms with Gasteiger partial charge < -0.3 is 19.1 Å². The van der Waals surface area contributed by atoms with Gasteiger partial charge >= 0.3 is 23.9 Å². The molecular formula is C36H54N2O8. The van der Waals surface area contributed by atoms with Gasteiger partial charge in [-0.25, -0.2) is 9.59 Å². The number of hydrogen-bond donors (Lipinski definition) is 0. The Hall–Kier alpha value is -3.24. The second kappa shape index (κ2) is 13.1. The molecule has 0 radical (unpaired) electrons. The van der Waals surface area contributed by atoms with Crippen LogP contribution in [0.2, 0.25) is 0 Å². The molecule has 2 aliphatic heterocycles. The number of hydrogen-bond acceptors (Lipinski definition) is 10. The molecule has 0 aromatic heterocycles. The zero-order chi connectivity index (χ0) is 35.2. The van der Waals surface area contributed by atoms with Crippen molar-refractivity contribution < 1.29 is 38.3 Å². The molecule has 0 bridgehead atoms. The number of carbonyl (C=O) groups is 4. The minimum absolute atomic E-state index is 0.221. The summed E-state index contributed by atoms with van der Waals surface area (Å²) in [7, 11) is 0. The second-order valence-electron chi connectivity index (χ2n) is 15.2. The van der Waals surface area contributed by atoms with Gasteiger partial charge in [-0.2, -0.15) is 0 Å². The van der Waals surface area contributed by atoms with Crippen LogP contribution in [-0.4, -0.2) is 68.4 Å². The molecule has 2 saturated heterocycles. The van der Waals surface area contributed by atoms with E-state index >= 15 is 0 Å². The molecule has 0 spiro atoms. The predicted octanol–water partition coefficient (Wildman–Crippen LogP) is 6.14. The maximum atomic E-state index is 14.1. The van der Waals surface area contributed by atoms with Crippen LogP contribution in [0.15, 0.2) is 35.9 Å². The highest BCUT2D eigenvalue weighted by atomic mass is 16.7. The lowest BCUT2D eigenvalue weighted by molar-refractivity contribution is -0.305. The summed E-state index contributed by atoms with van der Waals surface area (Å²) < 4.78 is 12.5. The van der Waals surface area contributed by atoms with Crippen molar-refractivity contribution in [1.29, 1.82) is 0 Å². The molecule has 2 aliphatic rings. The summed E-state index contributed by atoms with van der Waals surface area (Å²) in [6.45, 7) is 26.1. The van der Waals surface area contributed by atoms with E-state index in [1.807, 2.05) is 101 Å². The first kappa shape index (κ1) is 37.2. The highest BCUT2D eigenvalue weighted by Gasteiger charge is 2.59. The highest BCUT2D eigenvalue weighted by Crippen LogP contribution is 2.48. The van der Waals surface area contributed by atoms with Crippen LogP contribution < -0.4 is 0 Å². The lowest BCUT2D eigenvalue weighted by Crippen LogP contribution is -2.70. The van der Waals surface area contributed by atoms with Crippen molar-refractivity contribution in [3.8, 4) is 0 Å². The molecular weight excluding hydrogens is 588 g/mol. The van der Waals surface area contributed by atoms with Gasteiger partial charge in [-0.15, -0.1) is 10.1 Å². The Morgan fingerprint density at radius 3 is 1.17 bits per heavy atom. The fraction of sp³-hybridized carbons (Fsp3) is 0.667. The van der Waals surface area contributed by atoms with Crippen LogP contribution in [0.4, 0.5) is 0 Å². The predicted molar refractivity (Wildman–Crippen MR) is 174 cm³/mol. The van der Waals surface area contributed by atoms with Crippen molar-refractivity contribution in [3.05, 3.63) is 41.5 Å². The van der Waals surface area contributed by atoms with Crippen molar-refractivity contribution in [2.24, 2.45) is 23.7 Å². The molecule has 10 heteroatoms. The first-order chi connectivity index (χ1) is 21.0. The van der Waals surface area contributed by atoms with Crippen LogP contribution in [0.25, 0.3) is 6.08 Å². The molecule has 0 N–H and O–H groups in total. The molecule has 0 saturated carbocycles. The number of piperidine rings is 2. The number of rotatable bonds is 7. The van der Waals surface area contributed by atoms with Gasteiger partial charge in [0.25, 0.3) is 0 Å². The summed E-state index contributed by atoms with van der Waals surface area (Å²) in [5.41, 5.74) is -2.38. The van der Waals surface area contributed by atoms with E-state index in [2.05, 4.69) is 0 Å². The van der Waals surface area contributed by atoms with Crippen LogP contribution in [0.1, 0.15) is 102 Å². The molecule has 4 unspecified atom stereocenters. The van der Waals surface area contributed by atoms with Gasteiger partial charge in [-0.05, 0) is 67.0 Å². The van der Waals surface area contributed by atoms with Gasteiger partial charge in [0, 0.05) is 37.5 Å². The highest BCUT2D eigenvalue weighted by molar-refractivity contribution is 6.17. The third-order valence-electron chi connectivity index (χ3n) is 11.0. The van der Waals surface area contributed by atoms with Gasteiger partial charge in [-0.3, -0.25) is 9.59 Å². The van der Waals surface area contributed by atoms with Crippen LogP contribution in [0.3, 0.4) is 0 Å². The minimum Gasteiger partial charge on any atom is -0.458 e. The third kappa shape index (κ3) is 6.88. The van der Waals surface area contributed by atoms with Crippen LogP contribution in [-0.2, 0) is 38.3 Å². The Kier molecular flexibility index (Phi) is 10.6. The van der Waals surface area contributed by atoms with Gasteiger partial charge in [-0.1, -0.05) is 58.0 Å². The molecule has 10 nitrogen and oxygen atoms in total. The number of carbonyl (C=O) groups excluding carboxylic acids is 4. The van der Waals surface area contributed by atoms with Crippen molar-refractivity contribution in [2.75, 3.05) is 0 Å². The molecule has 1 aromatic rings. The van der Waals surface area contributed by atoms with E-state index in [1.54, 1.807) is 22.3 Å². The van der Waals surface area contributed by atoms with Gasteiger partial charge in [0.05, 0.1) is 22.2 Å². The van der Waals surface area contributed by atoms with Crippen LogP contribution in [0.5, 0.6) is 0 Å². The minimum atomic E-state index is -0.790. The topological polar surface area (TPSA) is 112 Å². The Balaban J connectivity index is 1.99. The lowest BCUT2D eigenvalue weighted by Gasteiger charge is -2.58. The summed E-state index contributed by atoms with van der Waals surface area (Å²) in [5, 5.41) is 3.40. The second-order valence-corrected chi connectivity index (χ2v) is 15.2. The average molecular weight is 643 g/mol. The van der Waals surface area contributed by atoms with Crippen LogP contribution >= 0.6 is 0 Å². The molecule has 256 valence electrons. The zero-order valence-corrected chi connectivity index (χ0v) is 30.1. The van der Waals surface area contributed by atoms with Gasteiger partial charge in [0.1, 0.15) is 17.8 Å². The Bertz CT molecular complexity index is 1220. The largest absolute Gasteiger partial charge is 0.458 e. The summed E-state index contributed by atoms with van der Waals surface area (Å²) >= 11 is 0. The molecule has 46 heavy (non-hydrogen) atoms. The summed E-state index contributed by atoms with van der Waals surface area (Å²) in [5.74, 6) is -3.55. The molecule has 3 rings (SSSR count). The molecule has 0 aliphatic carbocycles. The molecule has 1 aromatic carbocycles. The molecule has 0 amide bonds. The molecule has 4 atom stereocenters. The van der Waals surface area contributed by atoms with Gasteiger partial charge in [0.15, 0.2) is 0 Å². The molecule has 2 heterocycles. The normalized spacial score (nSPS) is 30.0. The maximum absolute atomic E-state index is 14.1. The number of hydroxylamine groups is 4. The maximum Gasteiger partial charge on any atom is 0.345 e. The fourth-order valence-corrected chi connectivity index (χ4v) is 7.13. The zero-order valence-electron chi connectivity index (χ0n) is 30.1. The number of nitrogens with zero attached hydrogens (tertiary/aromatic N) is 2. The third-order valence-corrected chi connectivity index (χ3v) is 11.0. The van der Waals surface area contributed by atoms with E-state index in [0.29, 0.717) is 5.56 Å². The summed E-state index contributed by atoms with van der Waals surface area (Å²) in [4.78, 5) is 63.6. The standard InChI is InChI=1S/C36H54N2O8/c1-21-29(22(2)34(9,10)37(33(21,7)8)45-25(5)39)43-31(41)28(20-27-18-16-15-17-19-27)32(42)44-30-23(3)35(11,12)38(46-26(6)40)36(13,14)24(30)4/h15-24,29-30H,1-14H3. The summed E-state index contributed by atoms with van der Waals surface area (Å²) in [6, 6.07) is 9.08. The van der Waals surface area contributed by atoms with E-state index in [0.717, 1.165) is 0 Å². The van der Waals surface area contributed by atoms with Crippen molar-refractivity contribution in [3.63, 3.8) is 0 Å². The quantitative estimate of drug-likeness (QED) is 0.149. The van der Waals surface area contributed by atoms with E-state index in [1.165, 1.54) is 19.9 Å². The monoisotopic (exact) mass is 642 g/mol. The smallest absolute Gasteiger partial charge is 0.345 e. The average Bonchev–Trinajstić information content (AvgIpc) is 2.96. The first-order valence-corrected chi connectivity index (χ1v) is 16.1. The fourth-order valence-electron chi connectivity index (χ4n) is 7.13. The van der Waals surface area contributed by atoms with Crippen molar-refractivity contribution in [1.82, 2.24) is 10.1 Å². The Morgan fingerprint density at radius 1 is 0.587 bits per heavy atom. The number of benzene rings is 1. The van der Waals surface area contributed by atoms with E-state index < -0.39 is 58.2 Å². The van der Waals surface area contributed by atoms with Gasteiger partial charge in [0.2, 0.25) is 0 Å². The first-order valence-electron chi connectivity index (χ1n) is 16.1. The van der Waals surface area contributed by atoms with E-state index in [9.17, 15) is 19.2 Å². The van der Waals surface area contributed by atoms with Crippen LogP contribution in [0, 0.1) is 23.7 Å². The van der Waals surface area contributed by atoms with E-state index in [-0.39, 0.29) is 29.2 Å². The Morgan fingerprint density at radius 2 is 0.891 bits per heavy atom. The SMILES string of the molecule is CC(=O)ON1C(C)(C)C(C)C(OC(=O)C(=Cc2ccccc2)C(=O)OC2C(C)C(C)(C)N(OC(C)=O)C(C)(C)C2C)C(C)C1(C)C. The van der Waals surface area contributed by atoms with Crippen molar-refractivity contribution in [2.45, 2.75) is 131 Å². The lowest BCUT2D eigenvalue weighted by atomic mass is 9.67.